The number of carbonyl (C=O) groups excluding carboxylic acids is 3. The lowest BCUT2D eigenvalue weighted by Gasteiger charge is -2.36. The zero-order valence-corrected chi connectivity index (χ0v) is 18.0. The van der Waals surface area contributed by atoms with Gasteiger partial charge >= 0.3 is 6.09 Å². The van der Waals surface area contributed by atoms with Crippen molar-refractivity contribution in [1.82, 2.24) is 16.0 Å². The number of carbonyl (C=O) groups is 3. The molecule has 7 nitrogen and oxygen atoms in total. The predicted molar refractivity (Wildman–Crippen MR) is 107 cm³/mol. The van der Waals surface area contributed by atoms with Crippen LogP contribution in [-0.4, -0.2) is 41.1 Å². The fourth-order valence-corrected chi connectivity index (χ4v) is 2.57. The largest absolute Gasteiger partial charge is 0.444 e. The van der Waals surface area contributed by atoms with Crippen molar-refractivity contribution in [1.29, 1.82) is 0 Å². The molecule has 0 aromatic rings. The summed E-state index contributed by atoms with van der Waals surface area (Å²) in [5.74, 6) is -0.507. The van der Waals surface area contributed by atoms with E-state index in [0.29, 0.717) is 32.2 Å². The summed E-state index contributed by atoms with van der Waals surface area (Å²) in [7, 11) is 0. The molecule has 0 aromatic heterocycles. The van der Waals surface area contributed by atoms with Gasteiger partial charge in [-0.1, -0.05) is 6.08 Å². The van der Waals surface area contributed by atoms with E-state index in [1.807, 2.05) is 20.8 Å². The van der Waals surface area contributed by atoms with Gasteiger partial charge in [-0.3, -0.25) is 9.59 Å². The smallest absolute Gasteiger partial charge is 0.407 e. The van der Waals surface area contributed by atoms with Gasteiger partial charge in [0, 0.05) is 19.0 Å². The van der Waals surface area contributed by atoms with Crippen molar-refractivity contribution in [3.05, 3.63) is 12.7 Å². The first kappa shape index (κ1) is 24.9. The van der Waals surface area contributed by atoms with E-state index < -0.39 is 22.8 Å². The Morgan fingerprint density at radius 2 is 1.59 bits per heavy atom. The highest BCUT2D eigenvalue weighted by Crippen LogP contribution is 2.22. The molecule has 3 amide bonds. The quantitative estimate of drug-likeness (QED) is 0.421. The number of hydrogen-bond acceptors (Lipinski definition) is 4. The van der Waals surface area contributed by atoms with Crippen molar-refractivity contribution in [3.63, 3.8) is 0 Å². The van der Waals surface area contributed by atoms with E-state index >= 15 is 0 Å². The first-order chi connectivity index (χ1) is 12.2. The summed E-state index contributed by atoms with van der Waals surface area (Å²) in [4.78, 5) is 36.5. The molecule has 0 bridgehead atoms. The molecule has 27 heavy (non-hydrogen) atoms. The molecular formula is C20H37N3O4. The van der Waals surface area contributed by atoms with E-state index in [1.54, 1.807) is 26.8 Å². The second-order valence-corrected chi connectivity index (χ2v) is 8.83. The zero-order valence-electron chi connectivity index (χ0n) is 18.0. The maximum absolute atomic E-state index is 13.0. The number of allylic oxidation sites excluding steroid dienone is 1. The van der Waals surface area contributed by atoms with E-state index in [-0.39, 0.29) is 11.8 Å². The Morgan fingerprint density at radius 3 is 2.04 bits per heavy atom. The number of amides is 3. The van der Waals surface area contributed by atoms with Gasteiger partial charge in [0.2, 0.25) is 11.8 Å². The van der Waals surface area contributed by atoms with Crippen molar-refractivity contribution >= 4 is 17.9 Å². The monoisotopic (exact) mass is 383 g/mol. The van der Waals surface area contributed by atoms with Crippen LogP contribution in [0.15, 0.2) is 12.7 Å². The number of rotatable bonds is 9. The van der Waals surface area contributed by atoms with E-state index in [4.69, 9.17) is 4.74 Å². The SMILES string of the molecule is C=CCCC(CCCNC(=O)OC(C)(C)C)(NC(C)=O)C(=O)NC(C)(C)C. The Hall–Kier alpha value is -2.05. The van der Waals surface area contributed by atoms with Gasteiger partial charge in [-0.05, 0) is 67.2 Å². The molecule has 0 heterocycles. The lowest BCUT2D eigenvalue weighted by Crippen LogP contribution is -2.61. The van der Waals surface area contributed by atoms with Gasteiger partial charge in [0.15, 0.2) is 0 Å². The number of alkyl carbamates (subject to hydrolysis) is 1. The Kier molecular flexibility index (Phi) is 9.54. The fourth-order valence-electron chi connectivity index (χ4n) is 2.57. The first-order valence-electron chi connectivity index (χ1n) is 9.40. The molecule has 0 saturated heterocycles. The van der Waals surface area contributed by atoms with Crippen LogP contribution in [0.1, 0.15) is 74.1 Å². The molecule has 0 saturated carbocycles. The topological polar surface area (TPSA) is 96.5 Å². The van der Waals surface area contributed by atoms with E-state index in [1.165, 1.54) is 6.92 Å². The summed E-state index contributed by atoms with van der Waals surface area (Å²) >= 11 is 0. The van der Waals surface area contributed by atoms with Crippen molar-refractivity contribution in [3.8, 4) is 0 Å². The molecule has 0 spiro atoms. The standard InChI is InChI=1S/C20H37N3O4/c1-9-10-12-20(22-15(2)24,16(25)23-18(3,4)5)13-11-14-21-17(26)27-19(6,7)8/h9H,1,10-14H2,2-8H3,(H,21,26)(H,22,24)(H,23,25). The van der Waals surface area contributed by atoms with Crippen LogP contribution < -0.4 is 16.0 Å². The van der Waals surface area contributed by atoms with Crippen molar-refractivity contribution in [2.75, 3.05) is 6.54 Å². The van der Waals surface area contributed by atoms with Crippen LogP contribution in [0, 0.1) is 0 Å². The predicted octanol–water partition coefficient (Wildman–Crippen LogP) is 3.05. The molecule has 3 N–H and O–H groups in total. The van der Waals surface area contributed by atoms with Gasteiger partial charge in [-0.25, -0.2) is 4.79 Å². The highest BCUT2D eigenvalue weighted by Gasteiger charge is 2.39. The van der Waals surface area contributed by atoms with Crippen LogP contribution in [-0.2, 0) is 14.3 Å². The Morgan fingerprint density at radius 1 is 1.00 bits per heavy atom. The third-order valence-electron chi connectivity index (χ3n) is 3.56. The van der Waals surface area contributed by atoms with Crippen LogP contribution in [0.2, 0.25) is 0 Å². The first-order valence-corrected chi connectivity index (χ1v) is 9.40. The van der Waals surface area contributed by atoms with Crippen LogP contribution >= 0.6 is 0 Å². The van der Waals surface area contributed by atoms with E-state index in [9.17, 15) is 14.4 Å². The molecule has 0 aromatic carbocycles. The van der Waals surface area contributed by atoms with Gasteiger partial charge in [0.1, 0.15) is 11.1 Å². The molecule has 1 unspecified atom stereocenters. The van der Waals surface area contributed by atoms with Crippen molar-refractivity contribution in [2.24, 2.45) is 0 Å². The fraction of sp³-hybridized carbons (Fsp3) is 0.750. The van der Waals surface area contributed by atoms with Crippen LogP contribution in [0.3, 0.4) is 0 Å². The minimum Gasteiger partial charge on any atom is -0.444 e. The van der Waals surface area contributed by atoms with Gasteiger partial charge in [0.25, 0.3) is 0 Å². The lowest BCUT2D eigenvalue weighted by atomic mass is 9.85. The summed E-state index contributed by atoms with van der Waals surface area (Å²) in [6.45, 7) is 16.5. The number of ether oxygens (including phenoxy) is 1. The molecule has 0 fully saturated rings. The third kappa shape index (κ3) is 11.3. The second-order valence-electron chi connectivity index (χ2n) is 8.83. The van der Waals surface area contributed by atoms with Crippen LogP contribution in [0.4, 0.5) is 4.79 Å². The molecule has 7 heteroatoms. The van der Waals surface area contributed by atoms with Crippen molar-refractivity contribution in [2.45, 2.75) is 90.8 Å². The Bertz CT molecular complexity index is 532. The molecule has 0 aliphatic rings. The molecular weight excluding hydrogens is 346 g/mol. The lowest BCUT2D eigenvalue weighted by molar-refractivity contribution is -0.134. The number of hydrogen-bond donors (Lipinski definition) is 3. The van der Waals surface area contributed by atoms with Gasteiger partial charge in [-0.15, -0.1) is 6.58 Å². The molecule has 0 rings (SSSR count). The number of nitrogens with one attached hydrogen (secondary N) is 3. The summed E-state index contributed by atoms with van der Waals surface area (Å²) < 4.78 is 5.20. The normalized spacial score (nSPS) is 13.9. The third-order valence-corrected chi connectivity index (χ3v) is 3.56. The van der Waals surface area contributed by atoms with Gasteiger partial charge in [0.05, 0.1) is 0 Å². The van der Waals surface area contributed by atoms with E-state index in [2.05, 4.69) is 22.5 Å². The van der Waals surface area contributed by atoms with Gasteiger partial charge < -0.3 is 20.7 Å². The highest BCUT2D eigenvalue weighted by molar-refractivity contribution is 5.91. The summed E-state index contributed by atoms with van der Waals surface area (Å²) in [5.41, 5.74) is -2.05. The Balaban J connectivity index is 5.10. The highest BCUT2D eigenvalue weighted by atomic mass is 16.6. The molecule has 0 aliphatic carbocycles. The molecule has 0 radical (unpaired) electrons. The van der Waals surface area contributed by atoms with Crippen LogP contribution in [0.5, 0.6) is 0 Å². The maximum atomic E-state index is 13.0. The molecule has 1 atom stereocenters. The minimum atomic E-state index is -1.05. The molecule has 0 aliphatic heterocycles. The summed E-state index contributed by atoms with van der Waals surface area (Å²) in [6.07, 6.45) is 3.13. The zero-order chi connectivity index (χ0) is 21.3. The maximum Gasteiger partial charge on any atom is 0.407 e. The van der Waals surface area contributed by atoms with Crippen LogP contribution in [0.25, 0.3) is 0 Å². The summed E-state index contributed by atoms with van der Waals surface area (Å²) in [6, 6.07) is 0. The van der Waals surface area contributed by atoms with Gasteiger partial charge in [-0.2, -0.15) is 0 Å². The Labute approximate surface area is 163 Å². The molecule has 156 valence electrons. The summed E-state index contributed by atoms with van der Waals surface area (Å²) in [5, 5.41) is 8.47. The average Bonchev–Trinajstić information content (AvgIpc) is 2.44. The van der Waals surface area contributed by atoms with E-state index in [0.717, 1.165) is 0 Å². The second kappa shape index (κ2) is 10.3. The minimum absolute atomic E-state index is 0.232. The van der Waals surface area contributed by atoms with Crippen molar-refractivity contribution < 1.29 is 19.1 Å². The average molecular weight is 384 g/mol.